The average Bonchev–Trinajstić information content (AvgIpc) is 3.38. The number of anilines is 2. The Kier molecular flexibility index (Phi) is 6.49. The monoisotopic (exact) mass is 471 g/mol. The van der Waals surface area contributed by atoms with Gasteiger partial charge in [-0.15, -0.1) is 22.7 Å². The molecule has 4 heterocycles. The normalized spacial score (nSPS) is 16.1. The molecule has 0 radical (unpaired) electrons. The van der Waals surface area contributed by atoms with Gasteiger partial charge in [0.05, 0.1) is 26.8 Å². The fourth-order valence-electron chi connectivity index (χ4n) is 3.50. The zero-order valence-corrected chi connectivity index (χ0v) is 20.0. The molecule has 3 aromatic heterocycles. The van der Waals surface area contributed by atoms with Crippen molar-refractivity contribution in [2.24, 2.45) is 0 Å². The first-order chi connectivity index (χ1) is 15.3. The lowest BCUT2D eigenvalue weighted by atomic mass is 10.1. The molecular formula is C21H25N7O2S2. The molecule has 168 valence electrons. The van der Waals surface area contributed by atoms with Crippen molar-refractivity contribution < 1.29 is 9.59 Å². The number of amides is 2. The van der Waals surface area contributed by atoms with Crippen molar-refractivity contribution in [1.82, 2.24) is 30.1 Å². The van der Waals surface area contributed by atoms with Gasteiger partial charge in [-0.2, -0.15) is 0 Å². The van der Waals surface area contributed by atoms with Gasteiger partial charge in [0.1, 0.15) is 11.9 Å². The average molecular weight is 472 g/mol. The highest BCUT2D eigenvalue weighted by Crippen LogP contribution is 2.32. The lowest BCUT2D eigenvalue weighted by Gasteiger charge is -2.34. The Bertz CT molecular complexity index is 1120. The van der Waals surface area contributed by atoms with Crippen LogP contribution in [0.15, 0.2) is 23.7 Å². The number of piperazine rings is 1. The number of rotatable bonds is 5. The Morgan fingerprint density at radius 2 is 2.06 bits per heavy atom. The van der Waals surface area contributed by atoms with Gasteiger partial charge in [-0.05, 0) is 26.0 Å². The van der Waals surface area contributed by atoms with E-state index in [2.05, 4.69) is 25.6 Å². The van der Waals surface area contributed by atoms with E-state index < -0.39 is 0 Å². The van der Waals surface area contributed by atoms with Crippen LogP contribution in [0.2, 0.25) is 0 Å². The van der Waals surface area contributed by atoms with Crippen LogP contribution in [0.25, 0.3) is 10.6 Å². The number of likely N-dealkylation sites (N-methyl/N-ethyl adjacent to an activating group) is 1. The molecule has 1 aliphatic heterocycles. The predicted octanol–water partition coefficient (Wildman–Crippen LogP) is 2.52. The lowest BCUT2D eigenvalue weighted by molar-refractivity contribution is -0.131. The number of hydrogen-bond acceptors (Lipinski definition) is 9. The summed E-state index contributed by atoms with van der Waals surface area (Å²) in [5, 5.41) is 10.1. The summed E-state index contributed by atoms with van der Waals surface area (Å²) in [6.45, 7) is 5.44. The first-order valence-corrected chi connectivity index (χ1v) is 11.9. The number of thiazole rings is 2. The minimum absolute atomic E-state index is 0.0355. The third kappa shape index (κ3) is 4.79. The molecule has 3 aromatic rings. The third-order valence-electron chi connectivity index (χ3n) is 5.09. The van der Waals surface area contributed by atoms with Crippen LogP contribution in [0, 0.1) is 13.8 Å². The Hall–Kier alpha value is -2.89. The van der Waals surface area contributed by atoms with E-state index in [0.29, 0.717) is 31.0 Å². The van der Waals surface area contributed by atoms with Gasteiger partial charge in [0.25, 0.3) is 5.91 Å². The maximum atomic E-state index is 12.9. The summed E-state index contributed by atoms with van der Waals surface area (Å²) in [7, 11) is 3.43. The minimum Gasteiger partial charge on any atom is -0.347 e. The summed E-state index contributed by atoms with van der Waals surface area (Å²) in [5.41, 5.74) is 2.37. The largest absolute Gasteiger partial charge is 0.347 e. The van der Waals surface area contributed by atoms with Gasteiger partial charge < -0.3 is 20.4 Å². The van der Waals surface area contributed by atoms with E-state index in [0.717, 1.165) is 26.4 Å². The molecule has 11 heteroatoms. The van der Waals surface area contributed by atoms with Crippen LogP contribution in [0.1, 0.15) is 21.1 Å². The van der Waals surface area contributed by atoms with Crippen LogP contribution in [-0.4, -0.2) is 76.3 Å². The molecule has 0 saturated carbocycles. The molecule has 1 fully saturated rings. The maximum absolute atomic E-state index is 12.9. The smallest absolute Gasteiger partial charge is 0.255 e. The quantitative estimate of drug-likeness (QED) is 0.589. The van der Waals surface area contributed by atoms with E-state index in [1.807, 2.05) is 19.2 Å². The van der Waals surface area contributed by atoms with Gasteiger partial charge in [-0.1, -0.05) is 0 Å². The van der Waals surface area contributed by atoms with Gasteiger partial charge in [0.2, 0.25) is 5.91 Å². The molecule has 0 bridgehead atoms. The molecular weight excluding hydrogens is 446 g/mol. The second kappa shape index (κ2) is 9.31. The number of aryl methyl sites for hydroxylation is 2. The zero-order valence-electron chi connectivity index (χ0n) is 18.4. The number of hydrogen-bond donors (Lipinski definition) is 2. The van der Waals surface area contributed by atoms with Crippen LogP contribution in [0.3, 0.4) is 0 Å². The Balaban J connectivity index is 1.41. The molecule has 32 heavy (non-hydrogen) atoms. The first kappa shape index (κ1) is 22.3. The molecule has 0 aliphatic carbocycles. The second-order valence-corrected chi connectivity index (χ2v) is 9.79. The van der Waals surface area contributed by atoms with Gasteiger partial charge in [0.15, 0.2) is 5.13 Å². The number of nitrogens with zero attached hydrogens (tertiary/aromatic N) is 5. The molecule has 0 spiro atoms. The van der Waals surface area contributed by atoms with E-state index in [1.165, 1.54) is 16.2 Å². The summed E-state index contributed by atoms with van der Waals surface area (Å²) in [6.07, 6.45) is 1.56. The molecule has 1 saturated heterocycles. The van der Waals surface area contributed by atoms with Gasteiger partial charge >= 0.3 is 0 Å². The van der Waals surface area contributed by atoms with Crippen LogP contribution in [0.5, 0.6) is 0 Å². The molecule has 2 amide bonds. The van der Waals surface area contributed by atoms with Crippen LogP contribution < -0.4 is 10.6 Å². The fraction of sp³-hybridized carbons (Fsp3) is 0.381. The molecule has 1 atom stereocenters. The SMILES string of the molecule is Cc1nc(C)c(-c2csc(Nc3ccc(C(=O)N4CCNC(C(=O)N(C)C)C4)cn3)n2)s1. The number of carbonyl (C=O) groups excluding carboxylic acids is 2. The minimum atomic E-state index is -0.387. The van der Waals surface area contributed by atoms with Crippen molar-refractivity contribution in [2.45, 2.75) is 19.9 Å². The van der Waals surface area contributed by atoms with Crippen LogP contribution in [-0.2, 0) is 4.79 Å². The van der Waals surface area contributed by atoms with Crippen LogP contribution in [0.4, 0.5) is 10.9 Å². The predicted molar refractivity (Wildman–Crippen MR) is 127 cm³/mol. The van der Waals surface area contributed by atoms with Crippen LogP contribution >= 0.6 is 22.7 Å². The maximum Gasteiger partial charge on any atom is 0.255 e. The van der Waals surface area contributed by atoms with Crippen molar-refractivity contribution >= 4 is 45.4 Å². The first-order valence-electron chi connectivity index (χ1n) is 10.2. The molecule has 9 nitrogen and oxygen atoms in total. The number of pyridine rings is 1. The third-order valence-corrected chi connectivity index (χ3v) is 6.94. The Morgan fingerprint density at radius 3 is 2.72 bits per heavy atom. The number of aromatic nitrogens is 3. The lowest BCUT2D eigenvalue weighted by Crippen LogP contribution is -2.58. The fourth-order valence-corrected chi connectivity index (χ4v) is 5.17. The van der Waals surface area contributed by atoms with Crippen molar-refractivity contribution in [2.75, 3.05) is 39.0 Å². The van der Waals surface area contributed by atoms with Crippen molar-refractivity contribution in [3.05, 3.63) is 40.0 Å². The topological polar surface area (TPSA) is 103 Å². The molecule has 1 aliphatic rings. The Labute approximate surface area is 194 Å². The molecule has 0 aromatic carbocycles. The highest BCUT2D eigenvalue weighted by Gasteiger charge is 2.29. The van der Waals surface area contributed by atoms with Crippen molar-refractivity contribution in [3.63, 3.8) is 0 Å². The highest BCUT2D eigenvalue weighted by atomic mass is 32.1. The van der Waals surface area contributed by atoms with Gasteiger partial charge in [0, 0.05) is 45.3 Å². The second-order valence-electron chi connectivity index (χ2n) is 7.73. The number of carbonyl (C=O) groups is 2. The van der Waals surface area contributed by atoms with Crippen molar-refractivity contribution in [3.8, 4) is 10.6 Å². The summed E-state index contributed by atoms with van der Waals surface area (Å²) in [4.78, 5) is 42.9. The van der Waals surface area contributed by atoms with Gasteiger partial charge in [-0.25, -0.2) is 15.0 Å². The summed E-state index contributed by atoms with van der Waals surface area (Å²) in [6, 6.07) is 3.12. The molecule has 4 rings (SSSR count). The molecule has 1 unspecified atom stereocenters. The van der Waals surface area contributed by atoms with E-state index in [9.17, 15) is 9.59 Å². The molecule has 2 N–H and O–H groups in total. The van der Waals surface area contributed by atoms with E-state index >= 15 is 0 Å². The summed E-state index contributed by atoms with van der Waals surface area (Å²) >= 11 is 3.12. The highest BCUT2D eigenvalue weighted by molar-refractivity contribution is 7.16. The van der Waals surface area contributed by atoms with Gasteiger partial charge in [-0.3, -0.25) is 9.59 Å². The van der Waals surface area contributed by atoms with Crippen molar-refractivity contribution in [1.29, 1.82) is 0 Å². The Morgan fingerprint density at radius 1 is 1.25 bits per heavy atom. The van der Waals surface area contributed by atoms with E-state index in [1.54, 1.807) is 48.7 Å². The van der Waals surface area contributed by atoms with E-state index in [-0.39, 0.29) is 17.9 Å². The number of nitrogens with one attached hydrogen (secondary N) is 2. The standard InChI is InChI=1S/C21H25N7O2S2/c1-12-18(32-13(2)24-12)16-11-31-21(25-16)26-17-6-5-14(9-23-17)19(29)28-8-7-22-15(10-28)20(30)27(3)4/h5-6,9,11,15,22H,7-8,10H2,1-4H3,(H,23,25,26). The zero-order chi connectivity index (χ0) is 22.8. The summed E-state index contributed by atoms with van der Waals surface area (Å²) < 4.78 is 0. The summed E-state index contributed by atoms with van der Waals surface area (Å²) in [5.74, 6) is 0.446. The van der Waals surface area contributed by atoms with E-state index in [4.69, 9.17) is 0 Å².